The summed E-state index contributed by atoms with van der Waals surface area (Å²) in [5.41, 5.74) is 6.31. The Hall–Kier alpha value is -2.43. The maximum Gasteiger partial charge on any atom is 0.317 e. The average Bonchev–Trinajstić information content (AvgIpc) is 3.05. The number of sulfone groups is 1. The van der Waals surface area contributed by atoms with E-state index < -0.39 is 15.9 Å². The van der Waals surface area contributed by atoms with E-state index in [9.17, 15) is 18.0 Å². The summed E-state index contributed by atoms with van der Waals surface area (Å²) in [4.78, 5) is 25.0. The number of nitrogens with two attached hydrogens (primary N) is 1. The minimum Gasteiger partial charge on any atom is -0.351 e. The van der Waals surface area contributed by atoms with Crippen molar-refractivity contribution in [3.8, 4) is 10.4 Å². The molecule has 1 aliphatic heterocycles. The molecule has 1 saturated heterocycles. The molecule has 0 saturated carbocycles. The molecule has 1 atom stereocenters. The van der Waals surface area contributed by atoms with Crippen LogP contribution in [0.1, 0.15) is 23.2 Å². The summed E-state index contributed by atoms with van der Waals surface area (Å²) < 4.78 is 23.2. The van der Waals surface area contributed by atoms with Gasteiger partial charge in [-0.05, 0) is 43.1 Å². The standard InChI is InChI=1S/C18H22N4O4S2/c1-28(25,26)13-6-4-11(5-7-13)15-9-14(17(27-15)22-18(19)24)16(23)21-12-3-2-8-20-10-12/h4-7,9,12,20H,2-3,8,10H2,1H3,(H,21,23)(H3,19,22,24). The number of urea groups is 1. The van der Waals surface area contributed by atoms with Gasteiger partial charge in [0.15, 0.2) is 9.84 Å². The summed E-state index contributed by atoms with van der Waals surface area (Å²) in [5.74, 6) is -0.285. The molecule has 1 fully saturated rings. The van der Waals surface area contributed by atoms with Crippen LogP contribution < -0.4 is 21.7 Å². The minimum atomic E-state index is -3.29. The predicted octanol–water partition coefficient (Wildman–Crippen LogP) is 1.79. The molecule has 150 valence electrons. The lowest BCUT2D eigenvalue weighted by Gasteiger charge is -2.23. The number of rotatable bonds is 5. The fourth-order valence-electron chi connectivity index (χ4n) is 3.01. The molecule has 1 aromatic carbocycles. The maximum absolute atomic E-state index is 12.7. The van der Waals surface area contributed by atoms with Crippen molar-refractivity contribution in [2.45, 2.75) is 23.8 Å². The molecule has 3 amide bonds. The first-order valence-corrected chi connectivity index (χ1v) is 11.5. The fraction of sp³-hybridized carbons (Fsp3) is 0.333. The fourth-order valence-corrected chi connectivity index (χ4v) is 4.71. The van der Waals surface area contributed by atoms with Crippen LogP contribution in [0, 0.1) is 0 Å². The van der Waals surface area contributed by atoms with Crippen LogP contribution in [0.5, 0.6) is 0 Å². The number of thiophene rings is 1. The molecule has 1 aromatic heterocycles. The van der Waals surface area contributed by atoms with Crippen LogP contribution in [0.2, 0.25) is 0 Å². The van der Waals surface area contributed by atoms with Crippen LogP contribution >= 0.6 is 11.3 Å². The Morgan fingerprint density at radius 2 is 1.96 bits per heavy atom. The second-order valence-electron chi connectivity index (χ2n) is 6.66. The second-order valence-corrected chi connectivity index (χ2v) is 9.72. The normalized spacial score (nSPS) is 17.1. The molecule has 1 aliphatic rings. The molecule has 2 aromatic rings. The summed E-state index contributed by atoms with van der Waals surface area (Å²) in [5, 5.41) is 9.07. The molecular formula is C18H22N4O4S2. The molecule has 0 radical (unpaired) electrons. The third-order valence-electron chi connectivity index (χ3n) is 4.41. The Morgan fingerprint density at radius 3 is 2.54 bits per heavy atom. The van der Waals surface area contributed by atoms with Gasteiger partial charge < -0.3 is 16.4 Å². The van der Waals surface area contributed by atoms with Crippen LogP contribution in [0.3, 0.4) is 0 Å². The maximum atomic E-state index is 12.7. The zero-order chi connectivity index (χ0) is 20.3. The SMILES string of the molecule is CS(=O)(=O)c1ccc(-c2cc(C(=O)NC3CCCNC3)c(NC(N)=O)s2)cc1. The number of amides is 3. The third kappa shape index (κ3) is 4.89. The summed E-state index contributed by atoms with van der Waals surface area (Å²) in [6.07, 6.45) is 3.02. The molecule has 2 heterocycles. The van der Waals surface area contributed by atoms with Gasteiger partial charge in [0.1, 0.15) is 5.00 Å². The van der Waals surface area contributed by atoms with Crippen molar-refractivity contribution in [1.82, 2.24) is 10.6 Å². The number of benzene rings is 1. The van der Waals surface area contributed by atoms with Crippen LogP contribution in [0.25, 0.3) is 10.4 Å². The molecule has 5 N–H and O–H groups in total. The van der Waals surface area contributed by atoms with Gasteiger partial charge in [-0.15, -0.1) is 11.3 Å². The second kappa shape index (κ2) is 8.29. The Bertz CT molecular complexity index is 978. The van der Waals surface area contributed by atoms with Crippen molar-refractivity contribution in [2.75, 3.05) is 24.7 Å². The van der Waals surface area contributed by atoms with Gasteiger partial charge in [0.2, 0.25) is 0 Å². The van der Waals surface area contributed by atoms with E-state index in [0.717, 1.165) is 36.1 Å². The van der Waals surface area contributed by atoms with Crippen LogP contribution in [-0.4, -0.2) is 45.7 Å². The summed E-state index contributed by atoms with van der Waals surface area (Å²) in [6, 6.07) is 7.32. The zero-order valence-electron chi connectivity index (χ0n) is 15.3. The van der Waals surface area contributed by atoms with E-state index in [1.54, 1.807) is 18.2 Å². The lowest BCUT2D eigenvalue weighted by molar-refractivity contribution is 0.0932. The third-order valence-corrected chi connectivity index (χ3v) is 6.64. The van der Waals surface area contributed by atoms with Gasteiger partial charge in [-0.1, -0.05) is 12.1 Å². The van der Waals surface area contributed by atoms with Crippen molar-refractivity contribution in [1.29, 1.82) is 0 Å². The van der Waals surface area contributed by atoms with Gasteiger partial charge in [-0.25, -0.2) is 13.2 Å². The highest BCUT2D eigenvalue weighted by Crippen LogP contribution is 2.36. The van der Waals surface area contributed by atoms with E-state index in [1.165, 1.54) is 23.5 Å². The smallest absolute Gasteiger partial charge is 0.317 e. The number of anilines is 1. The molecule has 3 rings (SSSR count). The first-order valence-electron chi connectivity index (χ1n) is 8.76. The minimum absolute atomic E-state index is 0.0278. The lowest BCUT2D eigenvalue weighted by atomic mass is 10.1. The Balaban J connectivity index is 1.88. The predicted molar refractivity (Wildman–Crippen MR) is 109 cm³/mol. The summed E-state index contributed by atoms with van der Waals surface area (Å²) >= 11 is 1.21. The first-order chi connectivity index (χ1) is 13.2. The van der Waals surface area contributed by atoms with E-state index in [0.29, 0.717) is 17.1 Å². The van der Waals surface area contributed by atoms with Crippen molar-refractivity contribution in [2.24, 2.45) is 5.73 Å². The van der Waals surface area contributed by atoms with Gasteiger partial charge in [0.25, 0.3) is 5.91 Å². The van der Waals surface area contributed by atoms with Crippen LogP contribution in [0.15, 0.2) is 35.2 Å². The molecule has 28 heavy (non-hydrogen) atoms. The highest BCUT2D eigenvalue weighted by Gasteiger charge is 2.22. The zero-order valence-corrected chi connectivity index (χ0v) is 17.0. The molecule has 8 nitrogen and oxygen atoms in total. The molecular weight excluding hydrogens is 400 g/mol. The largest absolute Gasteiger partial charge is 0.351 e. The number of primary amides is 1. The molecule has 0 bridgehead atoms. The number of carbonyl (C=O) groups excluding carboxylic acids is 2. The first kappa shape index (κ1) is 20.3. The van der Waals surface area contributed by atoms with Crippen molar-refractivity contribution >= 4 is 38.1 Å². The monoisotopic (exact) mass is 422 g/mol. The number of hydrogen-bond donors (Lipinski definition) is 4. The van der Waals surface area contributed by atoms with Gasteiger partial charge in [-0.2, -0.15) is 0 Å². The molecule has 0 spiro atoms. The highest BCUT2D eigenvalue weighted by molar-refractivity contribution is 7.90. The van der Waals surface area contributed by atoms with Gasteiger partial charge in [0.05, 0.1) is 10.5 Å². The topological polar surface area (TPSA) is 130 Å². The number of piperidine rings is 1. The Labute approximate surface area is 167 Å². The summed E-state index contributed by atoms with van der Waals surface area (Å²) in [7, 11) is -3.29. The van der Waals surface area contributed by atoms with Gasteiger partial charge in [0, 0.05) is 23.7 Å². The number of hydrogen-bond acceptors (Lipinski definition) is 6. The molecule has 0 aliphatic carbocycles. The summed E-state index contributed by atoms with van der Waals surface area (Å²) in [6.45, 7) is 1.64. The van der Waals surface area contributed by atoms with Crippen molar-refractivity contribution in [3.63, 3.8) is 0 Å². The van der Waals surface area contributed by atoms with Crippen molar-refractivity contribution < 1.29 is 18.0 Å². The van der Waals surface area contributed by atoms with Crippen LogP contribution in [0.4, 0.5) is 9.80 Å². The lowest BCUT2D eigenvalue weighted by Crippen LogP contribution is -2.45. The van der Waals surface area contributed by atoms with E-state index >= 15 is 0 Å². The Kier molecular flexibility index (Phi) is 6.01. The van der Waals surface area contributed by atoms with E-state index in [4.69, 9.17) is 5.73 Å². The van der Waals surface area contributed by atoms with Crippen LogP contribution in [-0.2, 0) is 9.84 Å². The highest BCUT2D eigenvalue weighted by atomic mass is 32.2. The van der Waals surface area contributed by atoms with E-state index in [2.05, 4.69) is 16.0 Å². The van der Waals surface area contributed by atoms with E-state index in [-0.39, 0.29) is 16.8 Å². The molecule has 10 heteroatoms. The van der Waals surface area contributed by atoms with Crippen molar-refractivity contribution in [3.05, 3.63) is 35.9 Å². The van der Waals surface area contributed by atoms with E-state index in [1.807, 2.05) is 0 Å². The van der Waals surface area contributed by atoms with Gasteiger partial charge >= 0.3 is 6.03 Å². The van der Waals surface area contributed by atoms with Gasteiger partial charge in [-0.3, -0.25) is 10.1 Å². The average molecular weight is 423 g/mol. The quantitative estimate of drug-likeness (QED) is 0.584. The molecule has 1 unspecified atom stereocenters. The Morgan fingerprint density at radius 1 is 1.25 bits per heavy atom. The number of nitrogens with one attached hydrogen (secondary N) is 3. The number of carbonyl (C=O) groups is 2.